The second kappa shape index (κ2) is 5.75. The Labute approximate surface area is 82.5 Å². The highest BCUT2D eigenvalue weighted by atomic mass is 32.1. The maximum absolute atomic E-state index is 8.95. The van der Waals surface area contributed by atoms with Crippen LogP contribution in [0.1, 0.15) is 30.1 Å². The molecular formula is C10H14O2S. The van der Waals surface area contributed by atoms with Crippen LogP contribution in [0.15, 0.2) is 17.5 Å². The van der Waals surface area contributed by atoms with E-state index in [0.29, 0.717) is 6.47 Å². The minimum atomic E-state index is 0.375. The smallest absolute Gasteiger partial charge is 0.292 e. The van der Waals surface area contributed by atoms with Crippen LogP contribution in [0, 0.1) is 0 Å². The number of rotatable bonds is 2. The van der Waals surface area contributed by atoms with Crippen molar-refractivity contribution >= 4 is 17.8 Å². The first-order valence-electron chi connectivity index (χ1n) is 4.38. The van der Waals surface area contributed by atoms with Gasteiger partial charge in [-0.2, -0.15) is 0 Å². The molecule has 0 spiro atoms. The Morgan fingerprint density at radius 2 is 2.31 bits per heavy atom. The number of hydrogen-bond donors (Lipinski definition) is 0. The van der Waals surface area contributed by atoms with Gasteiger partial charge < -0.3 is 4.74 Å². The Balaban J connectivity index is 0.000000184. The Morgan fingerprint density at radius 1 is 1.62 bits per heavy atom. The van der Waals surface area contributed by atoms with Crippen molar-refractivity contribution in [3.8, 4) is 0 Å². The summed E-state index contributed by atoms with van der Waals surface area (Å²) in [5.74, 6) is 0.935. The molecule has 1 aromatic rings. The van der Waals surface area contributed by atoms with E-state index in [1.54, 1.807) is 4.88 Å². The molecule has 0 aromatic carbocycles. The van der Waals surface area contributed by atoms with Gasteiger partial charge in [-0.15, -0.1) is 11.3 Å². The third kappa shape index (κ3) is 3.19. The van der Waals surface area contributed by atoms with E-state index in [2.05, 4.69) is 22.2 Å². The lowest BCUT2D eigenvalue weighted by Crippen LogP contribution is -2.06. The Bertz CT molecular complexity index is 227. The molecule has 1 heterocycles. The Morgan fingerprint density at radius 3 is 2.62 bits per heavy atom. The average Bonchev–Trinajstić information content (AvgIpc) is 2.55. The van der Waals surface area contributed by atoms with Gasteiger partial charge in [0.2, 0.25) is 0 Å². The molecule has 13 heavy (non-hydrogen) atoms. The third-order valence-electron chi connectivity index (χ3n) is 2.15. The van der Waals surface area contributed by atoms with Crippen molar-refractivity contribution in [2.24, 2.45) is 0 Å². The first kappa shape index (κ1) is 10.3. The van der Waals surface area contributed by atoms with E-state index in [4.69, 9.17) is 4.79 Å². The summed E-state index contributed by atoms with van der Waals surface area (Å²) in [4.78, 5) is 10.5. The number of ether oxygens (including phenoxy) is 1. The van der Waals surface area contributed by atoms with E-state index in [1.807, 2.05) is 11.3 Å². The second-order valence-electron chi connectivity index (χ2n) is 2.98. The van der Waals surface area contributed by atoms with E-state index < -0.39 is 0 Å². The van der Waals surface area contributed by atoms with Gasteiger partial charge in [0.25, 0.3) is 6.47 Å². The molecule has 3 heteroatoms. The molecule has 0 N–H and O–H groups in total. The van der Waals surface area contributed by atoms with E-state index >= 15 is 0 Å². The van der Waals surface area contributed by atoms with Crippen LogP contribution >= 0.6 is 11.3 Å². The third-order valence-corrected chi connectivity index (χ3v) is 3.18. The van der Waals surface area contributed by atoms with Crippen molar-refractivity contribution in [3.63, 3.8) is 0 Å². The summed E-state index contributed by atoms with van der Waals surface area (Å²) in [7, 11) is 1.31. The van der Waals surface area contributed by atoms with E-state index in [0.717, 1.165) is 5.92 Å². The van der Waals surface area contributed by atoms with Crippen molar-refractivity contribution in [3.05, 3.63) is 22.4 Å². The molecule has 0 saturated heterocycles. The van der Waals surface area contributed by atoms with Gasteiger partial charge in [0.15, 0.2) is 0 Å². The summed E-state index contributed by atoms with van der Waals surface area (Å²) < 4.78 is 3.86. The molecule has 1 aromatic heterocycles. The standard InChI is InChI=1S/C8H10S.C2H4O2/c1-3-7(4-1)8-5-2-6-9-8;1-4-2-3/h2,5-7H,1,3-4H2;2H,1H3. The number of hydrogen-bond acceptors (Lipinski definition) is 3. The highest BCUT2D eigenvalue weighted by Gasteiger charge is 2.19. The topological polar surface area (TPSA) is 26.3 Å². The number of methoxy groups -OCH3 is 1. The molecular weight excluding hydrogens is 184 g/mol. The largest absolute Gasteiger partial charge is 0.471 e. The minimum absolute atomic E-state index is 0.375. The predicted molar refractivity (Wildman–Crippen MR) is 54.0 cm³/mol. The molecule has 1 aliphatic rings. The van der Waals surface area contributed by atoms with Gasteiger partial charge in [-0.05, 0) is 30.2 Å². The maximum Gasteiger partial charge on any atom is 0.292 e. The molecule has 0 radical (unpaired) electrons. The Kier molecular flexibility index (Phi) is 4.54. The molecule has 2 rings (SSSR count). The van der Waals surface area contributed by atoms with E-state index in [1.165, 1.54) is 26.4 Å². The van der Waals surface area contributed by atoms with Crippen LogP contribution in [0.25, 0.3) is 0 Å². The lowest BCUT2D eigenvalue weighted by molar-refractivity contribution is -0.126. The van der Waals surface area contributed by atoms with Crippen molar-refractivity contribution in [2.45, 2.75) is 25.2 Å². The van der Waals surface area contributed by atoms with Crippen LogP contribution in [0.3, 0.4) is 0 Å². The van der Waals surface area contributed by atoms with E-state index in [9.17, 15) is 0 Å². The highest BCUT2D eigenvalue weighted by Crippen LogP contribution is 2.38. The van der Waals surface area contributed by atoms with Crippen LogP contribution in [-0.2, 0) is 9.53 Å². The monoisotopic (exact) mass is 198 g/mol. The molecule has 1 fully saturated rings. The Hall–Kier alpha value is -0.830. The first-order chi connectivity index (χ1) is 6.38. The summed E-state index contributed by atoms with van der Waals surface area (Å²) >= 11 is 1.91. The molecule has 0 unspecified atom stereocenters. The maximum atomic E-state index is 8.95. The molecule has 0 aliphatic heterocycles. The van der Waals surface area contributed by atoms with Crippen molar-refractivity contribution in [1.82, 2.24) is 0 Å². The lowest BCUT2D eigenvalue weighted by atomic mass is 9.84. The summed E-state index contributed by atoms with van der Waals surface area (Å²) in [6, 6.07) is 4.41. The van der Waals surface area contributed by atoms with Crippen LogP contribution in [0.4, 0.5) is 0 Å². The van der Waals surface area contributed by atoms with Gasteiger partial charge in [-0.1, -0.05) is 12.5 Å². The fourth-order valence-electron chi connectivity index (χ4n) is 1.22. The zero-order valence-electron chi connectivity index (χ0n) is 7.73. The van der Waals surface area contributed by atoms with Gasteiger partial charge in [-0.3, -0.25) is 4.79 Å². The van der Waals surface area contributed by atoms with Crippen LogP contribution in [0.5, 0.6) is 0 Å². The zero-order valence-corrected chi connectivity index (χ0v) is 8.55. The van der Waals surface area contributed by atoms with Gasteiger partial charge >= 0.3 is 0 Å². The predicted octanol–water partition coefficient (Wildman–Crippen LogP) is 2.80. The molecule has 0 atom stereocenters. The fraction of sp³-hybridized carbons (Fsp3) is 0.500. The molecule has 0 bridgehead atoms. The van der Waals surface area contributed by atoms with Gasteiger partial charge in [0.05, 0.1) is 7.11 Å². The number of carbonyl (C=O) groups is 1. The molecule has 2 nitrogen and oxygen atoms in total. The summed E-state index contributed by atoms with van der Waals surface area (Å²) in [5, 5.41) is 2.17. The van der Waals surface area contributed by atoms with Crippen LogP contribution < -0.4 is 0 Å². The van der Waals surface area contributed by atoms with Crippen molar-refractivity contribution in [1.29, 1.82) is 0 Å². The van der Waals surface area contributed by atoms with E-state index in [-0.39, 0.29) is 0 Å². The summed E-state index contributed by atoms with van der Waals surface area (Å²) in [6.45, 7) is 0.375. The number of thiophene rings is 1. The summed E-state index contributed by atoms with van der Waals surface area (Å²) in [6.07, 6.45) is 4.31. The molecule has 0 amide bonds. The van der Waals surface area contributed by atoms with Crippen LogP contribution in [0.2, 0.25) is 0 Å². The highest BCUT2D eigenvalue weighted by molar-refractivity contribution is 7.10. The minimum Gasteiger partial charge on any atom is -0.471 e. The van der Waals surface area contributed by atoms with Crippen molar-refractivity contribution in [2.75, 3.05) is 7.11 Å². The molecule has 72 valence electrons. The first-order valence-corrected chi connectivity index (χ1v) is 5.26. The van der Waals surface area contributed by atoms with Crippen molar-refractivity contribution < 1.29 is 9.53 Å². The summed E-state index contributed by atoms with van der Waals surface area (Å²) in [5.41, 5.74) is 0. The average molecular weight is 198 g/mol. The second-order valence-corrected chi connectivity index (χ2v) is 3.95. The quantitative estimate of drug-likeness (QED) is 0.683. The normalized spacial score (nSPS) is 15.2. The van der Waals surface area contributed by atoms with Crippen LogP contribution in [-0.4, -0.2) is 13.6 Å². The fourth-order valence-corrected chi connectivity index (χ4v) is 2.12. The SMILES string of the molecule is COC=O.c1csc(C2CCC2)c1. The molecule has 1 saturated carbocycles. The molecule has 1 aliphatic carbocycles. The van der Waals surface area contributed by atoms with Gasteiger partial charge in [0.1, 0.15) is 0 Å². The lowest BCUT2D eigenvalue weighted by Gasteiger charge is -2.23. The number of carbonyl (C=O) groups excluding carboxylic acids is 1. The zero-order chi connectivity index (χ0) is 9.52. The van der Waals surface area contributed by atoms with Gasteiger partial charge in [0, 0.05) is 4.88 Å². The van der Waals surface area contributed by atoms with Gasteiger partial charge in [-0.25, -0.2) is 0 Å².